The van der Waals surface area contributed by atoms with Gasteiger partial charge in [0.2, 0.25) is 5.91 Å². The summed E-state index contributed by atoms with van der Waals surface area (Å²) in [6.07, 6.45) is 3.96. The zero-order valence-electron chi connectivity index (χ0n) is 22.9. The van der Waals surface area contributed by atoms with Gasteiger partial charge >= 0.3 is 6.09 Å². The van der Waals surface area contributed by atoms with E-state index in [4.69, 9.17) is 4.74 Å². The highest BCUT2D eigenvalue weighted by atomic mass is 16.5. The second-order valence-corrected chi connectivity index (χ2v) is 10.3. The number of rotatable bonds is 14. The van der Waals surface area contributed by atoms with E-state index in [-0.39, 0.29) is 30.8 Å². The number of Topliss-reactive ketones (excluding diaryl/α,β-unsaturated/α-hetero) is 1. The van der Waals surface area contributed by atoms with Crippen LogP contribution in [0, 0.1) is 11.8 Å². The minimum absolute atomic E-state index is 0.0885. The van der Waals surface area contributed by atoms with Gasteiger partial charge in [0.15, 0.2) is 11.6 Å². The fraction of sp³-hybridized carbons (Fsp3) is 0.464. The van der Waals surface area contributed by atoms with Crippen molar-refractivity contribution in [1.29, 1.82) is 0 Å². The lowest BCUT2D eigenvalue weighted by Crippen LogP contribution is -2.52. The Morgan fingerprint density at radius 3 is 2.21 bits per heavy atom. The highest BCUT2D eigenvalue weighted by Crippen LogP contribution is 2.11. The van der Waals surface area contributed by atoms with E-state index in [1.165, 1.54) is 4.80 Å². The molecule has 0 bridgehead atoms. The van der Waals surface area contributed by atoms with Gasteiger partial charge in [0.25, 0.3) is 0 Å². The van der Waals surface area contributed by atoms with Crippen LogP contribution < -0.4 is 10.6 Å². The quantitative estimate of drug-likeness (QED) is 0.321. The van der Waals surface area contributed by atoms with Crippen molar-refractivity contribution in [2.45, 2.75) is 72.2 Å². The van der Waals surface area contributed by atoms with Crippen molar-refractivity contribution in [3.63, 3.8) is 0 Å². The number of nitrogens with one attached hydrogen (secondary N) is 2. The largest absolute Gasteiger partial charge is 0.445 e. The Hall–Kier alpha value is -4.15. The van der Waals surface area contributed by atoms with E-state index in [0.717, 1.165) is 11.1 Å². The van der Waals surface area contributed by atoms with E-state index in [9.17, 15) is 14.4 Å². The smallest absolute Gasteiger partial charge is 0.408 e. The number of carbonyl (C=O) groups excluding carboxylic acids is 3. The number of tetrazole rings is 1. The zero-order valence-corrected chi connectivity index (χ0v) is 22.9. The highest BCUT2D eigenvalue weighted by Gasteiger charge is 2.28. The third kappa shape index (κ3) is 10.3. The molecule has 11 nitrogen and oxygen atoms in total. The van der Waals surface area contributed by atoms with Gasteiger partial charge in [-0.15, -0.1) is 10.2 Å². The van der Waals surface area contributed by atoms with Crippen LogP contribution in [0.3, 0.4) is 0 Å². The number of pyridine rings is 1. The number of aromatic nitrogens is 5. The van der Waals surface area contributed by atoms with Crippen LogP contribution in [0.2, 0.25) is 0 Å². The summed E-state index contributed by atoms with van der Waals surface area (Å²) in [5, 5.41) is 17.9. The minimum Gasteiger partial charge on any atom is -0.445 e. The van der Waals surface area contributed by atoms with Crippen molar-refractivity contribution in [3.8, 4) is 0 Å². The van der Waals surface area contributed by atoms with E-state index < -0.39 is 24.1 Å². The average Bonchev–Trinajstić information content (AvgIpc) is 3.33. The van der Waals surface area contributed by atoms with Gasteiger partial charge < -0.3 is 15.4 Å². The first-order valence-corrected chi connectivity index (χ1v) is 13.2. The van der Waals surface area contributed by atoms with Crippen LogP contribution in [0.1, 0.15) is 57.5 Å². The van der Waals surface area contributed by atoms with Crippen molar-refractivity contribution < 1.29 is 19.1 Å². The van der Waals surface area contributed by atoms with Crippen LogP contribution in [0.4, 0.5) is 4.79 Å². The predicted octanol–water partition coefficient (Wildman–Crippen LogP) is 3.10. The van der Waals surface area contributed by atoms with Gasteiger partial charge in [-0.05, 0) is 53.2 Å². The van der Waals surface area contributed by atoms with E-state index in [1.54, 1.807) is 12.4 Å². The molecule has 0 aliphatic heterocycles. The molecule has 0 aliphatic rings. The van der Waals surface area contributed by atoms with Crippen LogP contribution in [-0.2, 0) is 33.9 Å². The van der Waals surface area contributed by atoms with Crippen LogP contribution in [0.15, 0.2) is 54.9 Å². The first-order chi connectivity index (χ1) is 18.7. The third-order valence-electron chi connectivity index (χ3n) is 5.84. The standard InChI is InChI=1S/C28H37N7O4/c1-19(2)14-23(25(36)17-35-33-26(32-34-35)16-21-10-12-29-13-11-21)30-27(37)24(15-20(3)4)31-28(38)39-18-22-8-6-5-7-9-22/h5-13,19-20,23-24H,14-18H2,1-4H3,(H,30,37)(H,31,38)/t23-,24-/m0/s1. The monoisotopic (exact) mass is 535 g/mol. The Kier molecular flexibility index (Phi) is 11.1. The molecule has 0 aliphatic carbocycles. The summed E-state index contributed by atoms with van der Waals surface area (Å²) in [6.45, 7) is 7.80. The number of hydrogen-bond donors (Lipinski definition) is 2. The molecule has 1 aromatic carbocycles. The molecule has 3 rings (SSSR count). The number of alkyl carbamates (subject to hydrolysis) is 1. The van der Waals surface area contributed by atoms with Crippen molar-refractivity contribution in [1.82, 2.24) is 35.8 Å². The second-order valence-electron chi connectivity index (χ2n) is 10.3. The van der Waals surface area contributed by atoms with Crippen LogP contribution in [0.5, 0.6) is 0 Å². The van der Waals surface area contributed by atoms with Crippen molar-refractivity contribution in [2.24, 2.45) is 11.8 Å². The predicted molar refractivity (Wildman–Crippen MR) is 144 cm³/mol. The minimum atomic E-state index is -0.854. The van der Waals surface area contributed by atoms with Crippen LogP contribution in [0.25, 0.3) is 0 Å². The molecule has 3 aromatic rings. The molecule has 2 atom stereocenters. The topological polar surface area (TPSA) is 141 Å². The lowest BCUT2D eigenvalue weighted by atomic mass is 9.98. The number of ketones is 1. The number of nitrogens with zero attached hydrogens (tertiary/aromatic N) is 5. The maximum atomic E-state index is 13.3. The maximum Gasteiger partial charge on any atom is 0.408 e. The summed E-state index contributed by atoms with van der Waals surface area (Å²) in [4.78, 5) is 44.2. The van der Waals surface area contributed by atoms with E-state index in [1.807, 2.05) is 70.2 Å². The van der Waals surface area contributed by atoms with Gasteiger partial charge in [0.1, 0.15) is 19.2 Å². The number of hydrogen-bond acceptors (Lipinski definition) is 8. The van der Waals surface area contributed by atoms with Crippen molar-refractivity contribution in [2.75, 3.05) is 0 Å². The Morgan fingerprint density at radius 1 is 0.872 bits per heavy atom. The summed E-state index contributed by atoms with van der Waals surface area (Å²) in [5.74, 6) is 0.0444. The highest BCUT2D eigenvalue weighted by molar-refractivity contribution is 5.92. The average molecular weight is 536 g/mol. The van der Waals surface area contributed by atoms with Gasteiger partial charge in [-0.3, -0.25) is 14.6 Å². The molecular weight excluding hydrogens is 498 g/mol. The number of carbonyl (C=O) groups is 3. The Morgan fingerprint density at radius 2 is 1.54 bits per heavy atom. The van der Waals surface area contributed by atoms with Gasteiger partial charge in [-0.2, -0.15) is 4.80 Å². The summed E-state index contributed by atoms with van der Waals surface area (Å²) < 4.78 is 5.30. The summed E-state index contributed by atoms with van der Waals surface area (Å²) >= 11 is 0. The first kappa shape index (κ1) is 29.4. The van der Waals surface area contributed by atoms with Crippen LogP contribution in [-0.4, -0.2) is 55.1 Å². The molecule has 0 saturated heterocycles. The molecule has 11 heteroatoms. The number of amides is 2. The number of ether oxygens (including phenoxy) is 1. The third-order valence-corrected chi connectivity index (χ3v) is 5.84. The molecule has 2 heterocycles. The fourth-order valence-corrected chi connectivity index (χ4v) is 3.97. The van der Waals surface area contributed by atoms with Gasteiger partial charge in [-0.25, -0.2) is 4.79 Å². The summed E-state index contributed by atoms with van der Waals surface area (Å²) in [7, 11) is 0. The molecule has 208 valence electrons. The van der Waals surface area contributed by atoms with E-state index in [0.29, 0.717) is 25.1 Å². The Labute approximate surface area is 228 Å². The Balaban J connectivity index is 1.61. The zero-order chi connectivity index (χ0) is 28.2. The lowest BCUT2D eigenvalue weighted by Gasteiger charge is -2.24. The molecule has 0 saturated carbocycles. The molecule has 0 fully saturated rings. The molecule has 2 aromatic heterocycles. The fourth-order valence-electron chi connectivity index (χ4n) is 3.97. The summed E-state index contributed by atoms with van der Waals surface area (Å²) in [5.41, 5.74) is 1.82. The lowest BCUT2D eigenvalue weighted by molar-refractivity contribution is -0.130. The van der Waals surface area contributed by atoms with E-state index >= 15 is 0 Å². The normalized spacial score (nSPS) is 12.7. The Bertz CT molecular complexity index is 1200. The second kappa shape index (κ2) is 14.7. The molecule has 0 radical (unpaired) electrons. The number of benzene rings is 1. The molecule has 0 unspecified atom stereocenters. The maximum absolute atomic E-state index is 13.3. The van der Waals surface area contributed by atoms with Gasteiger partial charge in [0, 0.05) is 18.8 Å². The van der Waals surface area contributed by atoms with Crippen molar-refractivity contribution >= 4 is 17.8 Å². The van der Waals surface area contributed by atoms with E-state index in [2.05, 4.69) is 31.0 Å². The SMILES string of the molecule is CC(C)C[C@H](NC(=O)[C@H](CC(C)C)NC(=O)OCc1ccccc1)C(=O)Cn1nnc(Cc2ccncc2)n1. The molecule has 39 heavy (non-hydrogen) atoms. The van der Waals surface area contributed by atoms with Gasteiger partial charge in [-0.1, -0.05) is 58.0 Å². The molecule has 0 spiro atoms. The molecule has 2 N–H and O–H groups in total. The molecular formula is C28H37N7O4. The first-order valence-electron chi connectivity index (χ1n) is 13.2. The van der Waals surface area contributed by atoms with Crippen molar-refractivity contribution in [3.05, 3.63) is 71.8 Å². The van der Waals surface area contributed by atoms with Crippen LogP contribution >= 0.6 is 0 Å². The van der Waals surface area contributed by atoms with Gasteiger partial charge in [0.05, 0.1) is 6.04 Å². The molecule has 2 amide bonds. The summed E-state index contributed by atoms with van der Waals surface area (Å²) in [6, 6.07) is 11.4.